The fourth-order valence-corrected chi connectivity index (χ4v) is 3.98. The average Bonchev–Trinajstić information content (AvgIpc) is 3.36. The number of likely N-dealkylation sites (tertiary alicyclic amines) is 1. The third kappa shape index (κ3) is 6.44. The minimum atomic E-state index is -0.764. The fourth-order valence-electron chi connectivity index (χ4n) is 3.98. The summed E-state index contributed by atoms with van der Waals surface area (Å²) in [5.41, 5.74) is -0.525. The van der Waals surface area contributed by atoms with Crippen LogP contribution in [0.15, 0.2) is 0 Å². The van der Waals surface area contributed by atoms with Crippen LogP contribution in [0.4, 0.5) is 4.79 Å². The van der Waals surface area contributed by atoms with Gasteiger partial charge in [-0.3, -0.25) is 14.4 Å². The normalized spacial score (nSPS) is 23.5. The van der Waals surface area contributed by atoms with Crippen LogP contribution in [-0.4, -0.2) is 59.7 Å². The second-order valence-corrected chi connectivity index (χ2v) is 10.0. The molecule has 0 aromatic rings. The van der Waals surface area contributed by atoms with Crippen molar-refractivity contribution in [2.24, 2.45) is 17.3 Å². The number of nitrogens with zero attached hydrogens (tertiary/aromatic N) is 1. The Morgan fingerprint density at radius 1 is 1.10 bits per heavy atom. The third-order valence-corrected chi connectivity index (χ3v) is 5.89. The van der Waals surface area contributed by atoms with Crippen LogP contribution in [0.1, 0.15) is 67.2 Å². The molecule has 30 heavy (non-hydrogen) atoms. The molecule has 8 heteroatoms. The van der Waals surface area contributed by atoms with Crippen molar-refractivity contribution < 1.29 is 19.2 Å². The van der Waals surface area contributed by atoms with E-state index in [1.165, 1.54) is 6.92 Å². The molecule has 8 nitrogen and oxygen atoms in total. The summed E-state index contributed by atoms with van der Waals surface area (Å²) in [7, 11) is 0. The van der Waals surface area contributed by atoms with Gasteiger partial charge >= 0.3 is 6.03 Å². The quantitative estimate of drug-likeness (QED) is 0.555. The average molecular weight is 423 g/mol. The number of hydrogen-bond donors (Lipinski definition) is 3. The molecular weight excluding hydrogens is 384 g/mol. The lowest BCUT2D eigenvalue weighted by Crippen LogP contribution is -2.59. The van der Waals surface area contributed by atoms with E-state index in [-0.39, 0.29) is 23.5 Å². The highest BCUT2D eigenvalue weighted by Gasteiger charge is 2.44. The third-order valence-electron chi connectivity index (χ3n) is 5.89. The van der Waals surface area contributed by atoms with Gasteiger partial charge in [0.1, 0.15) is 12.1 Å². The molecule has 1 aliphatic carbocycles. The summed E-state index contributed by atoms with van der Waals surface area (Å²) in [6.45, 7) is 11.9. The smallest absolute Gasteiger partial charge is 0.315 e. The first-order valence-electron chi connectivity index (χ1n) is 11.1. The predicted molar refractivity (Wildman–Crippen MR) is 115 cm³/mol. The molecule has 0 spiro atoms. The minimum absolute atomic E-state index is 0.0513. The van der Waals surface area contributed by atoms with E-state index in [4.69, 9.17) is 0 Å². The number of carbonyl (C=O) groups is 4. The van der Waals surface area contributed by atoms with Gasteiger partial charge in [0, 0.05) is 13.1 Å². The summed E-state index contributed by atoms with van der Waals surface area (Å²) in [5, 5.41) is 8.33. The van der Waals surface area contributed by atoms with E-state index >= 15 is 0 Å². The van der Waals surface area contributed by atoms with Gasteiger partial charge in [-0.1, -0.05) is 40.5 Å². The molecule has 170 valence electrons. The van der Waals surface area contributed by atoms with E-state index in [0.717, 1.165) is 12.8 Å². The zero-order valence-electron chi connectivity index (χ0n) is 19.2. The van der Waals surface area contributed by atoms with Crippen LogP contribution in [0.2, 0.25) is 0 Å². The molecule has 0 radical (unpaired) electrons. The minimum Gasteiger partial charge on any atom is -0.345 e. The van der Waals surface area contributed by atoms with Crippen LogP contribution in [0.3, 0.4) is 0 Å². The van der Waals surface area contributed by atoms with Crippen molar-refractivity contribution in [1.29, 1.82) is 0 Å². The van der Waals surface area contributed by atoms with Crippen molar-refractivity contribution in [3.05, 3.63) is 0 Å². The largest absolute Gasteiger partial charge is 0.345 e. The summed E-state index contributed by atoms with van der Waals surface area (Å²) in [5.74, 6) is 0.0728. The summed E-state index contributed by atoms with van der Waals surface area (Å²) >= 11 is 0. The highest BCUT2D eigenvalue weighted by atomic mass is 16.2. The lowest BCUT2D eigenvalue weighted by molar-refractivity contribution is -0.142. The number of ketones is 1. The van der Waals surface area contributed by atoms with Gasteiger partial charge in [0.15, 0.2) is 5.78 Å². The molecule has 0 bridgehead atoms. The lowest BCUT2D eigenvalue weighted by Gasteiger charge is -2.35. The molecule has 0 aromatic heterocycles. The van der Waals surface area contributed by atoms with Gasteiger partial charge in [-0.2, -0.15) is 0 Å². The molecular formula is C22H38N4O4. The Bertz CT molecular complexity index is 669. The molecule has 1 saturated carbocycles. The van der Waals surface area contributed by atoms with Crippen LogP contribution in [-0.2, 0) is 14.4 Å². The van der Waals surface area contributed by atoms with Crippen LogP contribution >= 0.6 is 0 Å². The molecule has 2 fully saturated rings. The number of Topliss-reactive ketones (excluding diaryl/α,β-unsaturated/α-hetero) is 1. The van der Waals surface area contributed by atoms with Crippen molar-refractivity contribution in [1.82, 2.24) is 20.9 Å². The van der Waals surface area contributed by atoms with Crippen LogP contribution < -0.4 is 16.0 Å². The maximum absolute atomic E-state index is 13.4. The highest BCUT2D eigenvalue weighted by molar-refractivity contribution is 5.94. The van der Waals surface area contributed by atoms with E-state index in [2.05, 4.69) is 16.0 Å². The van der Waals surface area contributed by atoms with E-state index in [0.29, 0.717) is 31.8 Å². The van der Waals surface area contributed by atoms with Gasteiger partial charge in [0.05, 0.1) is 6.04 Å². The Hall–Kier alpha value is -2.12. The molecule has 4 amide bonds. The number of hydrogen-bond acceptors (Lipinski definition) is 4. The molecule has 3 N–H and O–H groups in total. The van der Waals surface area contributed by atoms with Crippen molar-refractivity contribution in [2.45, 2.75) is 85.4 Å². The Balaban J connectivity index is 2.15. The highest BCUT2D eigenvalue weighted by Crippen LogP contribution is 2.34. The monoisotopic (exact) mass is 422 g/mol. The summed E-state index contributed by atoms with van der Waals surface area (Å²) in [4.78, 5) is 52.2. The first-order chi connectivity index (χ1) is 13.9. The zero-order chi connectivity index (χ0) is 22.6. The molecule has 2 aliphatic rings. The van der Waals surface area contributed by atoms with E-state index in [1.54, 1.807) is 4.90 Å². The van der Waals surface area contributed by atoms with Gasteiger partial charge in [-0.15, -0.1) is 0 Å². The van der Waals surface area contributed by atoms with Crippen molar-refractivity contribution in [3.8, 4) is 0 Å². The first-order valence-corrected chi connectivity index (χ1v) is 11.1. The number of amides is 4. The van der Waals surface area contributed by atoms with E-state index in [9.17, 15) is 19.2 Å². The van der Waals surface area contributed by atoms with Crippen LogP contribution in [0, 0.1) is 17.3 Å². The molecule has 3 unspecified atom stereocenters. The number of rotatable bonds is 8. The molecule has 4 atom stereocenters. The van der Waals surface area contributed by atoms with Gasteiger partial charge < -0.3 is 20.9 Å². The maximum atomic E-state index is 13.4. The van der Waals surface area contributed by atoms with Gasteiger partial charge in [-0.05, 0) is 43.9 Å². The summed E-state index contributed by atoms with van der Waals surface area (Å²) in [6.07, 6.45) is 3.41. The zero-order valence-corrected chi connectivity index (χ0v) is 19.2. The second kappa shape index (κ2) is 9.79. The lowest BCUT2D eigenvalue weighted by atomic mass is 9.85. The molecule has 2 rings (SSSR count). The fraction of sp³-hybridized carbons (Fsp3) is 0.818. The summed E-state index contributed by atoms with van der Waals surface area (Å²) in [6, 6.07) is -2.29. The number of nitrogens with one attached hydrogen (secondary N) is 3. The SMILES string of the molecule is CCNC(=O)NC(C(=O)N1C[C@H](C)CC1C(=O)NC(CC1CC1)C(C)=O)C(C)(C)C. The Morgan fingerprint density at radius 2 is 1.73 bits per heavy atom. The Morgan fingerprint density at radius 3 is 2.23 bits per heavy atom. The topological polar surface area (TPSA) is 108 Å². The van der Waals surface area contributed by atoms with E-state index in [1.807, 2.05) is 34.6 Å². The predicted octanol–water partition coefficient (Wildman–Crippen LogP) is 1.83. The van der Waals surface area contributed by atoms with Crippen LogP contribution in [0.25, 0.3) is 0 Å². The van der Waals surface area contributed by atoms with Gasteiger partial charge in [-0.25, -0.2) is 4.79 Å². The Kier molecular flexibility index (Phi) is 7.88. The molecule has 0 aromatic carbocycles. The van der Waals surface area contributed by atoms with Crippen molar-refractivity contribution in [3.63, 3.8) is 0 Å². The van der Waals surface area contributed by atoms with Gasteiger partial charge in [0.2, 0.25) is 11.8 Å². The van der Waals surface area contributed by atoms with Crippen molar-refractivity contribution >= 4 is 23.6 Å². The van der Waals surface area contributed by atoms with E-state index < -0.39 is 29.6 Å². The number of carbonyl (C=O) groups excluding carboxylic acids is 4. The Labute approximate surface area is 179 Å². The molecule has 1 saturated heterocycles. The number of urea groups is 1. The first kappa shape index (κ1) is 24.2. The molecule has 1 aliphatic heterocycles. The van der Waals surface area contributed by atoms with Crippen molar-refractivity contribution in [2.75, 3.05) is 13.1 Å². The maximum Gasteiger partial charge on any atom is 0.315 e. The van der Waals surface area contributed by atoms with Crippen LogP contribution in [0.5, 0.6) is 0 Å². The standard InChI is InChI=1S/C22H38N4O4/c1-7-23-21(30)25-18(22(4,5)6)20(29)26-12-13(2)10-17(26)19(28)24-16(14(3)27)11-15-8-9-15/h13,15-18H,7-12H2,1-6H3,(H,24,28)(H2,23,25,30)/t13-,16?,17?,18?/m1/s1. The molecule has 1 heterocycles. The van der Waals surface area contributed by atoms with Gasteiger partial charge in [0.25, 0.3) is 0 Å². The summed E-state index contributed by atoms with van der Waals surface area (Å²) < 4.78 is 0. The second-order valence-electron chi connectivity index (χ2n) is 10.0.